The molecular weight excluding hydrogens is 284 g/mol. The fourth-order valence-electron chi connectivity index (χ4n) is 1.53. The minimum absolute atomic E-state index is 0.742. The largest absolute Gasteiger partial charge is 0.399 e. The van der Waals surface area contributed by atoms with Crippen molar-refractivity contribution in [1.82, 2.24) is 4.98 Å². The standard InChI is InChI=1S/C13H15ClN2S2/c1-2-3-13-16-10(8-18-13)7-17-12-6-9(15)4-5-11(12)14/h4-6,8H,2-3,7,15H2,1H3. The van der Waals surface area contributed by atoms with Gasteiger partial charge in [0.15, 0.2) is 0 Å². The van der Waals surface area contributed by atoms with E-state index in [4.69, 9.17) is 17.3 Å². The Morgan fingerprint density at radius 1 is 1.44 bits per heavy atom. The van der Waals surface area contributed by atoms with Gasteiger partial charge in [0, 0.05) is 21.7 Å². The lowest BCUT2D eigenvalue weighted by Gasteiger charge is -2.03. The van der Waals surface area contributed by atoms with Gasteiger partial charge in [-0.05, 0) is 31.0 Å². The Morgan fingerprint density at radius 2 is 2.28 bits per heavy atom. The summed E-state index contributed by atoms with van der Waals surface area (Å²) in [5, 5.41) is 4.09. The van der Waals surface area contributed by atoms with Crippen LogP contribution in [0.4, 0.5) is 5.69 Å². The number of benzene rings is 1. The average Bonchev–Trinajstić information content (AvgIpc) is 2.79. The van der Waals surface area contributed by atoms with Gasteiger partial charge in [-0.3, -0.25) is 0 Å². The maximum absolute atomic E-state index is 6.12. The molecule has 0 atom stereocenters. The van der Waals surface area contributed by atoms with Gasteiger partial charge in [0.25, 0.3) is 0 Å². The molecule has 96 valence electrons. The number of aryl methyl sites for hydroxylation is 1. The number of rotatable bonds is 5. The smallest absolute Gasteiger partial charge is 0.0928 e. The van der Waals surface area contributed by atoms with Gasteiger partial charge in [-0.1, -0.05) is 18.5 Å². The molecule has 0 aliphatic rings. The van der Waals surface area contributed by atoms with Gasteiger partial charge in [-0.2, -0.15) is 0 Å². The molecule has 1 heterocycles. The van der Waals surface area contributed by atoms with Crippen LogP contribution in [0.25, 0.3) is 0 Å². The molecule has 0 fully saturated rings. The number of nitrogens with two attached hydrogens (primary N) is 1. The Kier molecular flexibility index (Phi) is 4.92. The SMILES string of the molecule is CCCc1nc(CSc2cc(N)ccc2Cl)cs1. The van der Waals surface area contributed by atoms with Crippen LogP contribution in [0.5, 0.6) is 0 Å². The van der Waals surface area contributed by atoms with Crippen molar-refractivity contribution in [3.8, 4) is 0 Å². The zero-order chi connectivity index (χ0) is 13.0. The van der Waals surface area contributed by atoms with E-state index in [0.29, 0.717) is 0 Å². The van der Waals surface area contributed by atoms with Crippen molar-refractivity contribution in [2.75, 3.05) is 5.73 Å². The molecule has 2 aromatic rings. The highest BCUT2D eigenvalue weighted by molar-refractivity contribution is 7.98. The minimum atomic E-state index is 0.742. The highest BCUT2D eigenvalue weighted by Gasteiger charge is 2.05. The van der Waals surface area contributed by atoms with Gasteiger partial charge in [-0.15, -0.1) is 23.1 Å². The van der Waals surface area contributed by atoms with E-state index in [1.807, 2.05) is 18.2 Å². The Hall–Kier alpha value is -0.710. The second kappa shape index (κ2) is 6.45. The predicted molar refractivity (Wildman–Crippen MR) is 81.5 cm³/mol. The second-order valence-electron chi connectivity index (χ2n) is 3.96. The van der Waals surface area contributed by atoms with E-state index in [-0.39, 0.29) is 0 Å². The van der Waals surface area contributed by atoms with Gasteiger partial charge in [0.1, 0.15) is 0 Å². The Labute approximate surface area is 121 Å². The zero-order valence-electron chi connectivity index (χ0n) is 10.1. The van der Waals surface area contributed by atoms with E-state index in [9.17, 15) is 0 Å². The van der Waals surface area contributed by atoms with Gasteiger partial charge in [0.05, 0.1) is 15.7 Å². The van der Waals surface area contributed by atoms with E-state index in [0.717, 1.165) is 39.9 Å². The van der Waals surface area contributed by atoms with Crippen LogP contribution in [0, 0.1) is 0 Å². The highest BCUT2D eigenvalue weighted by Crippen LogP contribution is 2.31. The van der Waals surface area contributed by atoms with Gasteiger partial charge in [-0.25, -0.2) is 4.98 Å². The van der Waals surface area contributed by atoms with Crippen molar-refractivity contribution in [3.05, 3.63) is 39.3 Å². The van der Waals surface area contributed by atoms with Crippen LogP contribution < -0.4 is 5.73 Å². The van der Waals surface area contributed by atoms with Gasteiger partial charge < -0.3 is 5.73 Å². The lowest BCUT2D eigenvalue weighted by atomic mass is 10.3. The number of anilines is 1. The van der Waals surface area contributed by atoms with Gasteiger partial charge >= 0.3 is 0 Å². The van der Waals surface area contributed by atoms with Crippen LogP contribution in [0.2, 0.25) is 5.02 Å². The summed E-state index contributed by atoms with van der Waals surface area (Å²) < 4.78 is 0. The normalized spacial score (nSPS) is 10.8. The summed E-state index contributed by atoms with van der Waals surface area (Å²) >= 11 is 9.54. The van der Waals surface area contributed by atoms with E-state index in [1.54, 1.807) is 23.1 Å². The third-order valence-corrected chi connectivity index (χ3v) is 4.88. The first-order valence-electron chi connectivity index (χ1n) is 5.80. The zero-order valence-corrected chi connectivity index (χ0v) is 12.5. The van der Waals surface area contributed by atoms with E-state index >= 15 is 0 Å². The number of aromatic nitrogens is 1. The van der Waals surface area contributed by atoms with Crippen molar-refractivity contribution in [2.45, 2.75) is 30.4 Å². The highest BCUT2D eigenvalue weighted by atomic mass is 35.5. The molecule has 0 aliphatic carbocycles. The third kappa shape index (κ3) is 3.64. The fraction of sp³-hybridized carbons (Fsp3) is 0.308. The molecule has 2 rings (SSSR count). The van der Waals surface area contributed by atoms with Crippen molar-refractivity contribution < 1.29 is 0 Å². The lowest BCUT2D eigenvalue weighted by molar-refractivity contribution is 0.902. The van der Waals surface area contributed by atoms with E-state index < -0.39 is 0 Å². The Bertz CT molecular complexity index is 525. The number of hydrogen-bond acceptors (Lipinski definition) is 4. The first-order chi connectivity index (χ1) is 8.69. The first-order valence-corrected chi connectivity index (χ1v) is 8.04. The third-order valence-electron chi connectivity index (χ3n) is 2.39. The quantitative estimate of drug-likeness (QED) is 0.646. The molecule has 0 saturated carbocycles. The molecule has 0 amide bonds. The predicted octanol–water partition coefficient (Wildman–Crippen LogP) is 4.62. The summed E-state index contributed by atoms with van der Waals surface area (Å²) in [4.78, 5) is 5.61. The second-order valence-corrected chi connectivity index (χ2v) is 6.33. The maximum atomic E-state index is 6.12. The Balaban J connectivity index is 1.99. The summed E-state index contributed by atoms with van der Waals surface area (Å²) in [7, 11) is 0. The Morgan fingerprint density at radius 3 is 3.06 bits per heavy atom. The summed E-state index contributed by atoms with van der Waals surface area (Å²) in [6.07, 6.45) is 2.20. The van der Waals surface area contributed by atoms with Crippen molar-refractivity contribution in [2.24, 2.45) is 0 Å². The number of nitrogen functional groups attached to an aromatic ring is 1. The van der Waals surface area contributed by atoms with E-state index in [2.05, 4.69) is 17.3 Å². The van der Waals surface area contributed by atoms with Crippen LogP contribution in [0.15, 0.2) is 28.5 Å². The summed E-state index contributed by atoms with van der Waals surface area (Å²) in [5.41, 5.74) is 7.61. The van der Waals surface area contributed by atoms with Crippen LogP contribution in [0.1, 0.15) is 24.0 Å². The van der Waals surface area contributed by atoms with Gasteiger partial charge in [0.2, 0.25) is 0 Å². The molecule has 0 radical (unpaired) electrons. The maximum Gasteiger partial charge on any atom is 0.0928 e. The number of thiazole rings is 1. The van der Waals surface area contributed by atoms with Crippen LogP contribution in [-0.4, -0.2) is 4.98 Å². The molecule has 1 aromatic heterocycles. The summed E-state index contributed by atoms with van der Waals surface area (Å²) in [6.45, 7) is 2.17. The number of nitrogens with zero attached hydrogens (tertiary/aromatic N) is 1. The molecule has 0 spiro atoms. The molecule has 18 heavy (non-hydrogen) atoms. The molecule has 0 saturated heterocycles. The first kappa shape index (κ1) is 13.7. The molecule has 5 heteroatoms. The number of halogens is 1. The molecule has 0 aliphatic heterocycles. The lowest BCUT2D eigenvalue weighted by Crippen LogP contribution is -1.87. The minimum Gasteiger partial charge on any atom is -0.399 e. The molecular formula is C13H15ClN2S2. The monoisotopic (exact) mass is 298 g/mol. The molecule has 2 nitrogen and oxygen atoms in total. The summed E-state index contributed by atoms with van der Waals surface area (Å²) in [5.74, 6) is 0.837. The average molecular weight is 299 g/mol. The molecule has 0 unspecified atom stereocenters. The summed E-state index contributed by atoms with van der Waals surface area (Å²) in [6, 6.07) is 5.56. The topological polar surface area (TPSA) is 38.9 Å². The molecule has 0 bridgehead atoms. The van der Waals surface area contributed by atoms with Crippen molar-refractivity contribution in [3.63, 3.8) is 0 Å². The van der Waals surface area contributed by atoms with Crippen LogP contribution in [0.3, 0.4) is 0 Å². The number of hydrogen-bond donors (Lipinski definition) is 1. The van der Waals surface area contributed by atoms with E-state index in [1.165, 1.54) is 5.01 Å². The molecule has 1 aromatic carbocycles. The fourth-order valence-corrected chi connectivity index (χ4v) is 3.69. The van der Waals surface area contributed by atoms with Crippen LogP contribution in [-0.2, 0) is 12.2 Å². The molecule has 2 N–H and O–H groups in total. The number of thioether (sulfide) groups is 1. The van der Waals surface area contributed by atoms with Crippen LogP contribution >= 0.6 is 34.7 Å². The van der Waals surface area contributed by atoms with Crippen molar-refractivity contribution in [1.29, 1.82) is 0 Å². The van der Waals surface area contributed by atoms with Crippen molar-refractivity contribution >= 4 is 40.4 Å².